The minimum absolute atomic E-state index is 0.138. The van der Waals surface area contributed by atoms with Gasteiger partial charge in [0.25, 0.3) is 0 Å². The third-order valence-corrected chi connectivity index (χ3v) is 5.47. The van der Waals surface area contributed by atoms with Gasteiger partial charge in [-0.25, -0.2) is 19.2 Å². The van der Waals surface area contributed by atoms with E-state index < -0.39 is 23.7 Å². The summed E-state index contributed by atoms with van der Waals surface area (Å²) < 4.78 is 31.0. The Balaban J connectivity index is 1.28. The van der Waals surface area contributed by atoms with E-state index in [0.29, 0.717) is 44.4 Å². The minimum atomic E-state index is -1.00. The van der Waals surface area contributed by atoms with E-state index in [-0.39, 0.29) is 23.7 Å². The van der Waals surface area contributed by atoms with Gasteiger partial charge in [0.15, 0.2) is 11.7 Å². The predicted molar refractivity (Wildman–Crippen MR) is 128 cm³/mol. The molecule has 2 aliphatic rings. The molecule has 2 fully saturated rings. The van der Waals surface area contributed by atoms with Gasteiger partial charge >= 0.3 is 6.09 Å². The average molecular weight is 502 g/mol. The van der Waals surface area contributed by atoms with Crippen LogP contribution in [0.15, 0.2) is 40.7 Å². The number of oxime groups is 1. The molecule has 1 aromatic heterocycles. The molecule has 36 heavy (non-hydrogen) atoms. The Hall–Kier alpha value is -3.84. The molecular weight excluding hydrogens is 473 g/mol. The molecule has 2 aromatic rings. The van der Waals surface area contributed by atoms with Crippen LogP contribution < -0.4 is 16.4 Å². The SMILES string of the molecule is CC1(C)OCC(CON=C2CN(c3ncc(-c4cccc(COC(=O)N=C(N)N)c4F)cn3)C2)CO1. The molecular formula is C23H28FN7O5. The van der Waals surface area contributed by atoms with Crippen molar-refractivity contribution in [1.29, 1.82) is 0 Å². The van der Waals surface area contributed by atoms with Gasteiger partial charge in [0.05, 0.1) is 32.0 Å². The van der Waals surface area contributed by atoms with E-state index in [9.17, 15) is 9.18 Å². The fourth-order valence-electron chi connectivity index (χ4n) is 3.47. The standard InChI is InChI=1S/C23H28FN7O5/c1-23(2)34-10-14(11-35-23)12-36-30-17-8-31(9-17)21-27-6-16(7-28-21)18-5-3-4-15(19(18)24)13-33-22(32)29-20(25)26/h3-7,14H,8-13H2,1-2H3,(H4,25,26,29,32). The summed E-state index contributed by atoms with van der Waals surface area (Å²) in [5, 5.41) is 4.17. The van der Waals surface area contributed by atoms with Crippen LogP contribution in [0.2, 0.25) is 0 Å². The number of aliphatic imine (C=N–C) groups is 1. The second-order valence-corrected chi connectivity index (χ2v) is 8.84. The van der Waals surface area contributed by atoms with Crippen molar-refractivity contribution in [3.8, 4) is 11.1 Å². The highest BCUT2D eigenvalue weighted by Crippen LogP contribution is 2.26. The first kappa shape index (κ1) is 25.3. The zero-order valence-corrected chi connectivity index (χ0v) is 20.0. The number of nitrogens with two attached hydrogens (primary N) is 2. The van der Waals surface area contributed by atoms with E-state index in [1.165, 1.54) is 18.5 Å². The number of rotatable bonds is 7. The summed E-state index contributed by atoms with van der Waals surface area (Å²) in [6, 6.07) is 4.72. The first-order valence-electron chi connectivity index (χ1n) is 11.3. The number of aromatic nitrogens is 2. The Kier molecular flexibility index (Phi) is 7.60. The smallest absolute Gasteiger partial charge is 0.437 e. The van der Waals surface area contributed by atoms with Gasteiger partial charge < -0.3 is 35.4 Å². The average Bonchev–Trinajstić information content (AvgIpc) is 2.81. The maximum Gasteiger partial charge on any atom is 0.437 e. The summed E-state index contributed by atoms with van der Waals surface area (Å²) >= 11 is 0. The third-order valence-electron chi connectivity index (χ3n) is 5.47. The number of carbonyl (C=O) groups excluding carboxylic acids is 1. The van der Waals surface area contributed by atoms with Gasteiger partial charge in [0, 0.05) is 35.0 Å². The van der Waals surface area contributed by atoms with Crippen LogP contribution in [-0.2, 0) is 25.7 Å². The Morgan fingerprint density at radius 3 is 2.58 bits per heavy atom. The Morgan fingerprint density at radius 1 is 1.22 bits per heavy atom. The molecule has 4 rings (SSSR count). The molecule has 2 aliphatic heterocycles. The van der Waals surface area contributed by atoms with Crippen molar-refractivity contribution in [2.45, 2.75) is 26.2 Å². The van der Waals surface area contributed by atoms with Crippen LogP contribution in [0.25, 0.3) is 11.1 Å². The molecule has 0 saturated carbocycles. The third kappa shape index (κ3) is 6.43. The quantitative estimate of drug-likeness (QED) is 0.325. The number of anilines is 1. The van der Waals surface area contributed by atoms with Gasteiger partial charge in [-0.1, -0.05) is 23.4 Å². The Morgan fingerprint density at radius 2 is 1.92 bits per heavy atom. The maximum atomic E-state index is 15.0. The largest absolute Gasteiger partial charge is 0.443 e. The van der Waals surface area contributed by atoms with Gasteiger partial charge in [-0.2, -0.15) is 0 Å². The normalized spacial score (nSPS) is 17.2. The highest BCUT2D eigenvalue weighted by atomic mass is 19.1. The van der Waals surface area contributed by atoms with E-state index in [1.54, 1.807) is 12.1 Å². The lowest BCUT2D eigenvalue weighted by Crippen LogP contribution is -2.48. The fraction of sp³-hybridized carbons (Fsp3) is 0.435. The summed E-state index contributed by atoms with van der Waals surface area (Å²) in [5.41, 5.74) is 12.0. The number of hydrogen-bond donors (Lipinski definition) is 2. The zero-order valence-electron chi connectivity index (χ0n) is 20.0. The molecule has 13 heteroatoms. The van der Waals surface area contributed by atoms with Crippen LogP contribution >= 0.6 is 0 Å². The Bertz CT molecular complexity index is 1130. The van der Waals surface area contributed by atoms with Crippen molar-refractivity contribution in [3.63, 3.8) is 0 Å². The first-order chi connectivity index (χ1) is 17.2. The van der Waals surface area contributed by atoms with E-state index in [4.69, 9.17) is 30.5 Å². The van der Waals surface area contributed by atoms with E-state index in [0.717, 1.165) is 5.71 Å². The molecule has 2 saturated heterocycles. The van der Waals surface area contributed by atoms with E-state index in [1.807, 2.05) is 18.7 Å². The topological polar surface area (TPSA) is 160 Å². The summed E-state index contributed by atoms with van der Waals surface area (Å²) in [6.45, 7) is 6.06. The number of ether oxygens (including phenoxy) is 3. The lowest BCUT2D eigenvalue weighted by atomic mass is 10.1. The van der Waals surface area contributed by atoms with Crippen LogP contribution in [0.4, 0.5) is 15.1 Å². The van der Waals surface area contributed by atoms with Crippen molar-refractivity contribution in [2.24, 2.45) is 27.5 Å². The zero-order chi connectivity index (χ0) is 25.7. The number of hydrogen-bond acceptors (Lipinski definition) is 9. The molecule has 0 spiro atoms. The number of nitrogens with zero attached hydrogens (tertiary/aromatic N) is 5. The van der Waals surface area contributed by atoms with Crippen LogP contribution in [-0.4, -0.2) is 66.4 Å². The number of guanidine groups is 1. The van der Waals surface area contributed by atoms with Crippen LogP contribution in [0.5, 0.6) is 0 Å². The van der Waals surface area contributed by atoms with Crippen LogP contribution in [0.3, 0.4) is 0 Å². The van der Waals surface area contributed by atoms with Crippen LogP contribution in [0, 0.1) is 11.7 Å². The Labute approximate surface area is 207 Å². The molecule has 3 heterocycles. The second-order valence-electron chi connectivity index (χ2n) is 8.84. The maximum absolute atomic E-state index is 15.0. The number of carbonyl (C=O) groups is 1. The minimum Gasteiger partial charge on any atom is -0.443 e. The predicted octanol–water partition coefficient (Wildman–Crippen LogP) is 1.78. The number of amides is 1. The highest BCUT2D eigenvalue weighted by molar-refractivity contribution is 5.98. The van der Waals surface area contributed by atoms with E-state index in [2.05, 4.69) is 20.1 Å². The van der Waals surface area contributed by atoms with Gasteiger partial charge in [0.1, 0.15) is 19.0 Å². The van der Waals surface area contributed by atoms with Crippen LogP contribution in [0.1, 0.15) is 19.4 Å². The van der Waals surface area contributed by atoms with Crippen molar-refractivity contribution < 1.29 is 28.2 Å². The van der Waals surface area contributed by atoms with Gasteiger partial charge in [-0.15, -0.1) is 4.99 Å². The van der Waals surface area contributed by atoms with Crippen molar-refractivity contribution in [1.82, 2.24) is 9.97 Å². The summed E-state index contributed by atoms with van der Waals surface area (Å²) in [6.07, 6.45) is 2.06. The monoisotopic (exact) mass is 501 g/mol. The molecule has 0 atom stereocenters. The van der Waals surface area contributed by atoms with Gasteiger partial charge in [-0.3, -0.25) is 0 Å². The van der Waals surface area contributed by atoms with E-state index >= 15 is 0 Å². The van der Waals surface area contributed by atoms with Gasteiger partial charge in [-0.05, 0) is 13.8 Å². The van der Waals surface area contributed by atoms with Gasteiger partial charge in [0.2, 0.25) is 5.95 Å². The number of halogens is 1. The van der Waals surface area contributed by atoms with Crippen molar-refractivity contribution in [2.75, 3.05) is 37.8 Å². The first-order valence-corrected chi connectivity index (χ1v) is 11.3. The molecule has 192 valence electrons. The molecule has 1 amide bonds. The molecule has 4 N–H and O–H groups in total. The summed E-state index contributed by atoms with van der Waals surface area (Å²) in [7, 11) is 0. The lowest BCUT2D eigenvalue weighted by molar-refractivity contribution is -0.266. The highest BCUT2D eigenvalue weighted by Gasteiger charge is 2.29. The number of benzene rings is 1. The summed E-state index contributed by atoms with van der Waals surface area (Å²) in [4.78, 5) is 30.7. The van der Waals surface area contributed by atoms with Crippen molar-refractivity contribution in [3.05, 3.63) is 42.0 Å². The lowest BCUT2D eigenvalue weighted by Gasteiger charge is -2.34. The van der Waals surface area contributed by atoms with Crippen molar-refractivity contribution >= 4 is 23.7 Å². The molecule has 0 unspecified atom stereocenters. The molecule has 1 aromatic carbocycles. The molecule has 0 bridgehead atoms. The fourth-order valence-corrected chi connectivity index (χ4v) is 3.47. The molecule has 0 aliphatic carbocycles. The molecule has 0 radical (unpaired) electrons. The second kappa shape index (κ2) is 10.8. The summed E-state index contributed by atoms with van der Waals surface area (Å²) in [5.74, 6) is -0.909. The molecule has 12 nitrogen and oxygen atoms in total.